The summed E-state index contributed by atoms with van der Waals surface area (Å²) in [5.41, 5.74) is 0.920. The van der Waals surface area contributed by atoms with Crippen molar-refractivity contribution in [3.63, 3.8) is 0 Å². The minimum Gasteiger partial charge on any atom is -0.491 e. The summed E-state index contributed by atoms with van der Waals surface area (Å²) >= 11 is 0. The van der Waals surface area contributed by atoms with E-state index in [1.54, 1.807) is 6.07 Å². The Labute approximate surface area is 121 Å². The Balaban J connectivity index is 2.43. The lowest BCUT2D eigenvalue weighted by atomic mass is 10.1. The van der Waals surface area contributed by atoms with Crippen molar-refractivity contribution >= 4 is 0 Å². The number of unbranched alkanes of at least 4 members (excludes halogenated alkanes) is 2. The summed E-state index contributed by atoms with van der Waals surface area (Å²) < 4.78 is 19.3. The first-order chi connectivity index (χ1) is 9.42. The number of benzene rings is 1. The van der Waals surface area contributed by atoms with E-state index >= 15 is 0 Å². The quantitative estimate of drug-likeness (QED) is 0.720. The molecule has 0 amide bonds. The Bertz CT molecular complexity index is 402. The van der Waals surface area contributed by atoms with Crippen LogP contribution < -0.4 is 10.1 Å². The molecule has 0 bridgehead atoms. The van der Waals surface area contributed by atoms with E-state index in [0.29, 0.717) is 18.9 Å². The summed E-state index contributed by atoms with van der Waals surface area (Å²) in [4.78, 5) is 0. The summed E-state index contributed by atoms with van der Waals surface area (Å²) in [6, 6.07) is 5.08. The molecule has 0 aromatic heterocycles. The number of hydrogen-bond acceptors (Lipinski definition) is 3. The first-order valence-corrected chi connectivity index (χ1v) is 7.19. The van der Waals surface area contributed by atoms with Gasteiger partial charge in [0.25, 0.3) is 0 Å². The number of halogens is 1. The summed E-state index contributed by atoms with van der Waals surface area (Å²) in [7, 11) is 0. The first-order valence-electron chi connectivity index (χ1n) is 7.19. The van der Waals surface area contributed by atoms with E-state index in [9.17, 15) is 4.39 Å². The van der Waals surface area contributed by atoms with Crippen LogP contribution in [-0.4, -0.2) is 23.9 Å². The fourth-order valence-electron chi connectivity index (χ4n) is 1.71. The van der Waals surface area contributed by atoms with Gasteiger partial charge in [0.2, 0.25) is 0 Å². The van der Waals surface area contributed by atoms with Gasteiger partial charge in [-0.25, -0.2) is 4.39 Å². The van der Waals surface area contributed by atoms with E-state index in [-0.39, 0.29) is 18.0 Å². The second kappa shape index (κ2) is 8.22. The fourth-order valence-corrected chi connectivity index (χ4v) is 1.71. The number of aliphatic hydroxyl groups excluding tert-OH is 1. The highest BCUT2D eigenvalue weighted by molar-refractivity contribution is 5.29. The molecule has 3 nitrogen and oxygen atoms in total. The second-order valence-electron chi connectivity index (χ2n) is 6.00. The molecule has 20 heavy (non-hydrogen) atoms. The first kappa shape index (κ1) is 16.9. The summed E-state index contributed by atoms with van der Waals surface area (Å²) in [6.45, 7) is 7.55. The van der Waals surface area contributed by atoms with Gasteiger partial charge in [0.15, 0.2) is 11.6 Å². The van der Waals surface area contributed by atoms with Crippen molar-refractivity contribution in [2.45, 2.75) is 52.1 Å². The molecule has 1 rings (SSSR count). The summed E-state index contributed by atoms with van der Waals surface area (Å²) in [5, 5.41) is 12.0. The molecular weight excluding hydrogens is 257 g/mol. The van der Waals surface area contributed by atoms with Crippen LogP contribution in [0.2, 0.25) is 0 Å². The standard InChI is InChI=1S/C16H26FNO2/c1-16(2,3)18-12-13-7-8-15(14(17)11-13)20-10-6-4-5-9-19/h7-8,11,18-19H,4-6,9-10,12H2,1-3H3. The van der Waals surface area contributed by atoms with Crippen molar-refractivity contribution in [2.24, 2.45) is 0 Å². The molecule has 0 unspecified atom stereocenters. The number of nitrogens with one attached hydrogen (secondary N) is 1. The number of rotatable bonds is 8. The average molecular weight is 283 g/mol. The van der Waals surface area contributed by atoms with E-state index in [2.05, 4.69) is 26.1 Å². The third-order valence-electron chi connectivity index (χ3n) is 2.88. The molecule has 0 saturated heterocycles. The molecule has 0 radical (unpaired) electrons. The maximum absolute atomic E-state index is 13.9. The van der Waals surface area contributed by atoms with Crippen LogP contribution in [-0.2, 0) is 6.54 Å². The van der Waals surface area contributed by atoms with Gasteiger partial charge in [-0.15, -0.1) is 0 Å². The zero-order valence-corrected chi connectivity index (χ0v) is 12.7. The Hall–Kier alpha value is -1.13. The highest BCUT2D eigenvalue weighted by Gasteiger charge is 2.10. The Morgan fingerprint density at radius 1 is 1.20 bits per heavy atom. The Morgan fingerprint density at radius 3 is 2.55 bits per heavy atom. The van der Waals surface area contributed by atoms with Gasteiger partial charge >= 0.3 is 0 Å². The zero-order valence-electron chi connectivity index (χ0n) is 12.7. The van der Waals surface area contributed by atoms with Crippen LogP contribution in [0.1, 0.15) is 45.6 Å². The topological polar surface area (TPSA) is 41.5 Å². The molecular formula is C16H26FNO2. The SMILES string of the molecule is CC(C)(C)NCc1ccc(OCCCCCO)c(F)c1. The van der Waals surface area contributed by atoms with E-state index in [1.165, 1.54) is 6.07 Å². The smallest absolute Gasteiger partial charge is 0.165 e. The van der Waals surface area contributed by atoms with E-state index < -0.39 is 0 Å². The maximum atomic E-state index is 13.9. The number of aliphatic hydroxyl groups is 1. The average Bonchev–Trinajstić information content (AvgIpc) is 2.37. The van der Waals surface area contributed by atoms with Crippen LogP contribution in [0.4, 0.5) is 4.39 Å². The lowest BCUT2D eigenvalue weighted by molar-refractivity contribution is 0.261. The maximum Gasteiger partial charge on any atom is 0.165 e. The molecule has 4 heteroatoms. The van der Waals surface area contributed by atoms with Gasteiger partial charge in [0, 0.05) is 18.7 Å². The van der Waals surface area contributed by atoms with Crippen molar-refractivity contribution in [3.8, 4) is 5.75 Å². The van der Waals surface area contributed by atoms with Crippen LogP contribution in [0.3, 0.4) is 0 Å². The third-order valence-corrected chi connectivity index (χ3v) is 2.88. The summed E-state index contributed by atoms with van der Waals surface area (Å²) in [5.74, 6) is -0.0196. The van der Waals surface area contributed by atoms with E-state index in [1.807, 2.05) is 6.07 Å². The molecule has 0 aliphatic rings. The van der Waals surface area contributed by atoms with Crippen molar-refractivity contribution < 1.29 is 14.2 Å². The number of ether oxygens (including phenoxy) is 1. The van der Waals surface area contributed by atoms with Gasteiger partial charge < -0.3 is 15.2 Å². The molecule has 114 valence electrons. The molecule has 0 fully saturated rings. The third kappa shape index (κ3) is 6.87. The molecule has 1 aromatic carbocycles. The highest BCUT2D eigenvalue weighted by atomic mass is 19.1. The monoisotopic (exact) mass is 283 g/mol. The fraction of sp³-hybridized carbons (Fsp3) is 0.625. The van der Waals surface area contributed by atoms with Crippen LogP contribution in [0, 0.1) is 5.82 Å². The van der Waals surface area contributed by atoms with Gasteiger partial charge in [-0.2, -0.15) is 0 Å². The van der Waals surface area contributed by atoms with E-state index in [4.69, 9.17) is 9.84 Å². The molecule has 0 spiro atoms. The largest absolute Gasteiger partial charge is 0.491 e. The Morgan fingerprint density at radius 2 is 1.95 bits per heavy atom. The molecule has 0 aliphatic carbocycles. The van der Waals surface area contributed by atoms with Crippen LogP contribution in [0.25, 0.3) is 0 Å². The normalized spacial score (nSPS) is 11.7. The lowest BCUT2D eigenvalue weighted by Gasteiger charge is -2.20. The minimum atomic E-state index is -0.319. The van der Waals surface area contributed by atoms with Gasteiger partial charge in [0.1, 0.15) is 0 Å². The molecule has 0 heterocycles. The predicted molar refractivity (Wildman–Crippen MR) is 79.4 cm³/mol. The van der Waals surface area contributed by atoms with Gasteiger partial charge in [-0.05, 0) is 57.7 Å². The molecule has 0 aliphatic heterocycles. The minimum absolute atomic E-state index is 0.0123. The van der Waals surface area contributed by atoms with Gasteiger partial charge in [-0.1, -0.05) is 6.07 Å². The highest BCUT2D eigenvalue weighted by Crippen LogP contribution is 2.19. The van der Waals surface area contributed by atoms with Crippen molar-refractivity contribution in [2.75, 3.05) is 13.2 Å². The molecule has 0 atom stereocenters. The Kier molecular flexibility index (Phi) is 6.96. The van der Waals surface area contributed by atoms with Gasteiger partial charge in [-0.3, -0.25) is 0 Å². The molecule has 0 saturated carbocycles. The van der Waals surface area contributed by atoms with Crippen molar-refractivity contribution in [1.82, 2.24) is 5.32 Å². The zero-order chi connectivity index (χ0) is 15.0. The molecule has 2 N–H and O–H groups in total. The van der Waals surface area contributed by atoms with Crippen LogP contribution >= 0.6 is 0 Å². The van der Waals surface area contributed by atoms with Crippen LogP contribution in [0.5, 0.6) is 5.75 Å². The van der Waals surface area contributed by atoms with Crippen LogP contribution in [0.15, 0.2) is 18.2 Å². The summed E-state index contributed by atoms with van der Waals surface area (Å²) in [6.07, 6.45) is 2.49. The van der Waals surface area contributed by atoms with Crippen molar-refractivity contribution in [1.29, 1.82) is 0 Å². The molecule has 1 aromatic rings. The predicted octanol–water partition coefficient (Wildman–Crippen LogP) is 3.26. The second-order valence-corrected chi connectivity index (χ2v) is 6.00. The number of hydrogen-bond donors (Lipinski definition) is 2. The van der Waals surface area contributed by atoms with E-state index in [0.717, 1.165) is 24.8 Å². The van der Waals surface area contributed by atoms with Gasteiger partial charge in [0.05, 0.1) is 6.61 Å². The van der Waals surface area contributed by atoms with Crippen molar-refractivity contribution in [3.05, 3.63) is 29.6 Å². The lowest BCUT2D eigenvalue weighted by Crippen LogP contribution is -2.35.